The van der Waals surface area contributed by atoms with E-state index in [9.17, 15) is 4.79 Å². The maximum Gasteiger partial charge on any atom is 0.267 e. The smallest absolute Gasteiger partial charge is 0.267 e. The monoisotopic (exact) mass is 476 g/mol. The molecular formula is C27H24N8O. The van der Waals surface area contributed by atoms with Gasteiger partial charge in [0.2, 0.25) is 0 Å². The number of para-hydroxylation sites is 1. The standard InChI is InChI=1S/C27H24N8O/c1-4-9-18-10-8-13-21-22(18)27(36)35(19-11-6-5-7-12-19)26(32-21)17(2)31-24-23(20(28)14-15-29-24)25-30-16-34(3)33-25/h5-8,10-17H,1-3H3,(H3,28,29,31)/t17-/m0/s1. The van der Waals surface area contributed by atoms with E-state index in [2.05, 4.69) is 32.2 Å². The SMILES string of the molecule is CC#Cc1cccc2nc([C@H](C)Nc3nccc(N)c3-c3ncn(C)n3)n(-c3ccccc3)c(=O)c12. The first kappa shape index (κ1) is 22.8. The number of aryl methyl sites for hydroxylation is 1. The largest absolute Gasteiger partial charge is 0.398 e. The van der Waals surface area contributed by atoms with E-state index in [1.54, 1.807) is 41.8 Å². The molecule has 0 spiro atoms. The Morgan fingerprint density at radius 2 is 1.86 bits per heavy atom. The minimum atomic E-state index is -0.431. The molecule has 36 heavy (non-hydrogen) atoms. The van der Waals surface area contributed by atoms with Gasteiger partial charge in [-0.05, 0) is 44.2 Å². The van der Waals surface area contributed by atoms with Gasteiger partial charge in [0.25, 0.3) is 5.56 Å². The van der Waals surface area contributed by atoms with Crippen LogP contribution in [0.25, 0.3) is 28.0 Å². The molecule has 0 aliphatic heterocycles. The summed E-state index contributed by atoms with van der Waals surface area (Å²) in [6.07, 6.45) is 3.22. The van der Waals surface area contributed by atoms with Gasteiger partial charge >= 0.3 is 0 Å². The highest BCUT2D eigenvalue weighted by Crippen LogP contribution is 2.31. The average Bonchev–Trinajstić information content (AvgIpc) is 3.30. The summed E-state index contributed by atoms with van der Waals surface area (Å²) in [5.74, 6) is 7.39. The van der Waals surface area contributed by atoms with Gasteiger partial charge in [-0.25, -0.2) is 15.0 Å². The number of hydrogen-bond acceptors (Lipinski definition) is 7. The van der Waals surface area contributed by atoms with Crippen LogP contribution in [-0.2, 0) is 7.05 Å². The molecule has 0 amide bonds. The van der Waals surface area contributed by atoms with Crippen LogP contribution in [0.5, 0.6) is 0 Å². The van der Waals surface area contributed by atoms with E-state index >= 15 is 0 Å². The van der Waals surface area contributed by atoms with E-state index < -0.39 is 6.04 Å². The van der Waals surface area contributed by atoms with E-state index in [-0.39, 0.29) is 5.56 Å². The van der Waals surface area contributed by atoms with Crippen molar-refractivity contribution in [3.8, 4) is 28.9 Å². The molecular weight excluding hydrogens is 452 g/mol. The number of rotatable bonds is 5. The van der Waals surface area contributed by atoms with E-state index in [1.165, 1.54) is 0 Å². The van der Waals surface area contributed by atoms with E-state index in [0.717, 1.165) is 0 Å². The van der Waals surface area contributed by atoms with Gasteiger partial charge in [0.15, 0.2) is 5.82 Å². The van der Waals surface area contributed by atoms with Crippen molar-refractivity contribution in [2.45, 2.75) is 19.9 Å². The van der Waals surface area contributed by atoms with Crippen LogP contribution < -0.4 is 16.6 Å². The Kier molecular flexibility index (Phi) is 5.92. The van der Waals surface area contributed by atoms with Crippen molar-refractivity contribution in [2.75, 3.05) is 11.1 Å². The van der Waals surface area contributed by atoms with Crippen LogP contribution in [0.3, 0.4) is 0 Å². The van der Waals surface area contributed by atoms with Crippen molar-refractivity contribution in [2.24, 2.45) is 7.05 Å². The van der Waals surface area contributed by atoms with Gasteiger partial charge in [0.1, 0.15) is 18.0 Å². The molecule has 1 atom stereocenters. The maximum atomic E-state index is 13.9. The fraction of sp³-hybridized carbons (Fsp3) is 0.148. The van der Waals surface area contributed by atoms with Crippen LogP contribution in [0.15, 0.2) is 71.9 Å². The quantitative estimate of drug-likeness (QED) is 0.372. The van der Waals surface area contributed by atoms with Crippen LogP contribution >= 0.6 is 0 Å². The van der Waals surface area contributed by atoms with E-state index in [0.29, 0.717) is 50.9 Å². The Labute approximate surface area is 207 Å². The minimum Gasteiger partial charge on any atom is -0.398 e. The zero-order valence-corrected chi connectivity index (χ0v) is 20.1. The number of nitrogens with zero attached hydrogens (tertiary/aromatic N) is 6. The molecule has 0 aliphatic carbocycles. The molecule has 0 saturated carbocycles. The first-order chi connectivity index (χ1) is 17.5. The fourth-order valence-corrected chi connectivity index (χ4v) is 4.15. The predicted molar refractivity (Wildman–Crippen MR) is 141 cm³/mol. The van der Waals surface area contributed by atoms with Crippen LogP contribution in [0.1, 0.15) is 31.3 Å². The summed E-state index contributed by atoms with van der Waals surface area (Å²) in [5, 5.41) is 8.26. The average molecular weight is 477 g/mol. The van der Waals surface area contributed by atoms with Gasteiger partial charge in [0.05, 0.1) is 28.2 Å². The van der Waals surface area contributed by atoms with Crippen molar-refractivity contribution in [1.29, 1.82) is 0 Å². The molecule has 3 heterocycles. The molecule has 178 valence electrons. The van der Waals surface area contributed by atoms with Crippen molar-refractivity contribution in [3.05, 3.63) is 88.9 Å². The van der Waals surface area contributed by atoms with Gasteiger partial charge in [-0.2, -0.15) is 5.10 Å². The first-order valence-corrected chi connectivity index (χ1v) is 11.4. The summed E-state index contributed by atoms with van der Waals surface area (Å²) in [6.45, 7) is 3.66. The highest BCUT2D eigenvalue weighted by Gasteiger charge is 2.22. The molecule has 0 saturated heterocycles. The van der Waals surface area contributed by atoms with Crippen molar-refractivity contribution in [3.63, 3.8) is 0 Å². The zero-order valence-electron chi connectivity index (χ0n) is 20.1. The summed E-state index contributed by atoms with van der Waals surface area (Å²) in [6, 6.07) is 16.2. The number of anilines is 2. The zero-order chi connectivity index (χ0) is 25.2. The molecule has 5 rings (SSSR count). The molecule has 3 N–H and O–H groups in total. The van der Waals surface area contributed by atoms with E-state index in [1.807, 2.05) is 55.5 Å². The lowest BCUT2D eigenvalue weighted by atomic mass is 10.1. The number of aromatic nitrogens is 6. The Bertz CT molecular complexity index is 1690. The van der Waals surface area contributed by atoms with E-state index in [4.69, 9.17) is 10.7 Å². The van der Waals surface area contributed by atoms with Gasteiger partial charge in [0, 0.05) is 24.5 Å². The lowest BCUT2D eigenvalue weighted by Gasteiger charge is -2.21. The summed E-state index contributed by atoms with van der Waals surface area (Å²) in [7, 11) is 1.79. The van der Waals surface area contributed by atoms with Crippen molar-refractivity contribution in [1.82, 2.24) is 29.3 Å². The third-order valence-electron chi connectivity index (χ3n) is 5.74. The second-order valence-electron chi connectivity index (χ2n) is 8.25. The molecule has 0 fully saturated rings. The van der Waals surface area contributed by atoms with Crippen LogP contribution in [0, 0.1) is 11.8 Å². The Hall–Kier alpha value is -4.97. The van der Waals surface area contributed by atoms with Crippen LogP contribution in [-0.4, -0.2) is 29.3 Å². The van der Waals surface area contributed by atoms with Crippen LogP contribution in [0.4, 0.5) is 11.5 Å². The maximum absolute atomic E-state index is 13.9. The summed E-state index contributed by atoms with van der Waals surface area (Å²) >= 11 is 0. The van der Waals surface area contributed by atoms with Crippen LogP contribution in [0.2, 0.25) is 0 Å². The predicted octanol–water partition coefficient (Wildman–Crippen LogP) is 3.70. The van der Waals surface area contributed by atoms with Crippen molar-refractivity contribution >= 4 is 22.4 Å². The highest BCUT2D eigenvalue weighted by atomic mass is 16.1. The number of pyridine rings is 1. The summed E-state index contributed by atoms with van der Waals surface area (Å²) < 4.78 is 3.22. The molecule has 0 aliphatic rings. The van der Waals surface area contributed by atoms with Gasteiger partial charge in [-0.3, -0.25) is 14.0 Å². The number of fused-ring (bicyclic) bond motifs is 1. The Morgan fingerprint density at radius 3 is 2.58 bits per heavy atom. The summed E-state index contributed by atoms with van der Waals surface area (Å²) in [5.41, 5.74) is 9.08. The number of nitrogens with one attached hydrogen (secondary N) is 1. The third-order valence-corrected chi connectivity index (χ3v) is 5.74. The number of benzene rings is 2. The summed E-state index contributed by atoms with van der Waals surface area (Å²) in [4.78, 5) is 27.7. The van der Waals surface area contributed by atoms with Gasteiger partial charge in [-0.1, -0.05) is 30.2 Å². The molecule has 5 aromatic rings. The molecule has 0 radical (unpaired) electrons. The minimum absolute atomic E-state index is 0.194. The highest BCUT2D eigenvalue weighted by molar-refractivity contribution is 5.85. The molecule has 9 nitrogen and oxygen atoms in total. The number of hydrogen-bond donors (Lipinski definition) is 2. The molecule has 2 aromatic carbocycles. The topological polar surface area (TPSA) is 117 Å². The molecule has 3 aromatic heterocycles. The normalized spacial score (nSPS) is 11.6. The molecule has 9 heteroatoms. The number of nitrogen functional groups attached to an aromatic ring is 1. The molecule has 0 bridgehead atoms. The van der Waals surface area contributed by atoms with Crippen molar-refractivity contribution < 1.29 is 0 Å². The fourth-order valence-electron chi connectivity index (χ4n) is 4.15. The lowest BCUT2D eigenvalue weighted by molar-refractivity contribution is 0.731. The second kappa shape index (κ2) is 9.35. The number of nitrogens with two attached hydrogens (primary N) is 1. The molecule has 0 unspecified atom stereocenters. The third kappa shape index (κ3) is 4.05. The van der Waals surface area contributed by atoms with Gasteiger partial charge < -0.3 is 11.1 Å². The second-order valence-corrected chi connectivity index (χ2v) is 8.25. The Balaban J connectivity index is 1.70. The van der Waals surface area contributed by atoms with Gasteiger partial charge in [-0.15, -0.1) is 5.92 Å². The lowest BCUT2D eigenvalue weighted by Crippen LogP contribution is -2.28. The Morgan fingerprint density at radius 1 is 1.06 bits per heavy atom. The first-order valence-electron chi connectivity index (χ1n) is 11.4.